The van der Waals surface area contributed by atoms with Gasteiger partial charge in [0.25, 0.3) is 5.91 Å². The quantitative estimate of drug-likeness (QED) is 0.872. The number of para-hydroxylation sites is 1. The third kappa shape index (κ3) is 4.96. The second-order valence-electron chi connectivity index (χ2n) is 7.44. The number of amides is 1. The fourth-order valence-corrected chi connectivity index (χ4v) is 3.44. The van der Waals surface area contributed by atoms with Crippen molar-refractivity contribution in [1.82, 2.24) is 9.97 Å². The molecule has 0 radical (unpaired) electrons. The van der Waals surface area contributed by atoms with Crippen LogP contribution in [0.3, 0.4) is 0 Å². The molecule has 27 heavy (non-hydrogen) atoms. The van der Waals surface area contributed by atoms with Gasteiger partial charge in [-0.1, -0.05) is 25.1 Å². The van der Waals surface area contributed by atoms with Crippen LogP contribution in [0.4, 0.5) is 11.6 Å². The van der Waals surface area contributed by atoms with Gasteiger partial charge in [0.15, 0.2) is 6.61 Å². The van der Waals surface area contributed by atoms with Crippen molar-refractivity contribution in [1.29, 1.82) is 0 Å². The predicted octanol–water partition coefficient (Wildman–Crippen LogP) is 3.66. The number of ether oxygens (including phenoxy) is 1. The molecule has 1 aromatic heterocycles. The minimum atomic E-state index is -0.197. The second kappa shape index (κ2) is 8.37. The molecule has 6 heteroatoms. The summed E-state index contributed by atoms with van der Waals surface area (Å²) >= 11 is 0. The van der Waals surface area contributed by atoms with E-state index in [4.69, 9.17) is 4.74 Å². The Kier molecular flexibility index (Phi) is 5.94. The van der Waals surface area contributed by atoms with Gasteiger partial charge in [-0.25, -0.2) is 4.98 Å². The lowest BCUT2D eigenvalue weighted by molar-refractivity contribution is -0.118. The van der Waals surface area contributed by atoms with E-state index in [1.54, 1.807) is 6.07 Å². The Balaban J connectivity index is 1.64. The monoisotopic (exact) mass is 368 g/mol. The zero-order valence-electron chi connectivity index (χ0n) is 16.6. The molecule has 0 saturated carbocycles. The molecular formula is C21H28N4O2. The highest BCUT2D eigenvalue weighted by Crippen LogP contribution is 2.23. The third-order valence-corrected chi connectivity index (χ3v) is 4.86. The lowest BCUT2D eigenvalue weighted by Crippen LogP contribution is -2.35. The van der Waals surface area contributed by atoms with Gasteiger partial charge in [0, 0.05) is 30.5 Å². The van der Waals surface area contributed by atoms with Gasteiger partial charge in [0.05, 0.1) is 0 Å². The van der Waals surface area contributed by atoms with Crippen molar-refractivity contribution in [2.75, 3.05) is 29.9 Å². The summed E-state index contributed by atoms with van der Waals surface area (Å²) in [5.41, 5.74) is 3.74. The molecule has 1 aliphatic heterocycles. The number of nitrogens with one attached hydrogen (secondary N) is 1. The molecule has 1 aromatic carbocycles. The van der Waals surface area contributed by atoms with Gasteiger partial charge in [-0.05, 0) is 50.7 Å². The molecule has 2 aromatic rings. The molecule has 3 rings (SSSR count). The Morgan fingerprint density at radius 1 is 1.26 bits per heavy atom. The fraction of sp³-hybridized carbons (Fsp3) is 0.476. The van der Waals surface area contributed by atoms with Crippen molar-refractivity contribution in [2.24, 2.45) is 5.92 Å². The number of nitrogens with zero attached hydrogens (tertiary/aromatic N) is 3. The van der Waals surface area contributed by atoms with Crippen LogP contribution in [0, 0.1) is 26.7 Å². The van der Waals surface area contributed by atoms with E-state index in [-0.39, 0.29) is 12.5 Å². The second-order valence-corrected chi connectivity index (χ2v) is 7.44. The molecule has 6 nitrogen and oxygen atoms in total. The zero-order chi connectivity index (χ0) is 19.4. The van der Waals surface area contributed by atoms with Gasteiger partial charge < -0.3 is 15.0 Å². The normalized spacial score (nSPS) is 16.9. The number of anilines is 2. The molecule has 1 amide bonds. The lowest BCUT2D eigenvalue weighted by atomic mass is 10.0. The molecular weight excluding hydrogens is 340 g/mol. The molecule has 1 N–H and O–H groups in total. The highest BCUT2D eigenvalue weighted by molar-refractivity contribution is 5.93. The largest absolute Gasteiger partial charge is 0.467 e. The summed E-state index contributed by atoms with van der Waals surface area (Å²) in [6.07, 6.45) is 2.39. The Morgan fingerprint density at radius 2 is 2.00 bits per heavy atom. The van der Waals surface area contributed by atoms with Gasteiger partial charge in [-0.15, -0.1) is 0 Å². The number of benzene rings is 1. The van der Waals surface area contributed by atoms with Crippen LogP contribution in [0.1, 0.15) is 36.6 Å². The van der Waals surface area contributed by atoms with Gasteiger partial charge in [0.2, 0.25) is 11.8 Å². The Labute approximate surface area is 161 Å². The zero-order valence-corrected chi connectivity index (χ0v) is 16.6. The Hall–Kier alpha value is -2.63. The van der Waals surface area contributed by atoms with E-state index in [0.717, 1.165) is 42.0 Å². The number of piperidine rings is 1. The van der Waals surface area contributed by atoms with Gasteiger partial charge >= 0.3 is 0 Å². The number of carbonyl (C=O) groups is 1. The van der Waals surface area contributed by atoms with Crippen LogP contribution in [-0.4, -0.2) is 35.6 Å². The van der Waals surface area contributed by atoms with E-state index in [1.165, 1.54) is 6.42 Å². The summed E-state index contributed by atoms with van der Waals surface area (Å²) in [7, 11) is 0. The van der Waals surface area contributed by atoms with E-state index in [1.807, 2.05) is 39.0 Å². The molecule has 0 spiro atoms. The van der Waals surface area contributed by atoms with Gasteiger partial charge in [-0.3, -0.25) is 4.79 Å². The van der Waals surface area contributed by atoms with Crippen molar-refractivity contribution in [3.05, 3.63) is 41.1 Å². The van der Waals surface area contributed by atoms with Gasteiger partial charge in [-0.2, -0.15) is 4.98 Å². The summed E-state index contributed by atoms with van der Waals surface area (Å²) in [5, 5.41) is 2.93. The number of carbonyl (C=O) groups excluding carboxylic acids is 1. The van der Waals surface area contributed by atoms with E-state index in [9.17, 15) is 4.79 Å². The molecule has 0 unspecified atom stereocenters. The van der Waals surface area contributed by atoms with E-state index in [2.05, 4.69) is 27.1 Å². The SMILES string of the molecule is Cc1cc(OCC(=O)Nc2c(C)cccc2C)nc(N2CCC[C@@H](C)C2)n1. The maximum absolute atomic E-state index is 12.3. The molecule has 1 fully saturated rings. The topological polar surface area (TPSA) is 67.3 Å². The van der Waals surface area contributed by atoms with E-state index < -0.39 is 0 Å². The molecule has 0 bridgehead atoms. The summed E-state index contributed by atoms with van der Waals surface area (Å²) in [6.45, 7) is 9.95. The maximum Gasteiger partial charge on any atom is 0.262 e. The van der Waals surface area contributed by atoms with Crippen molar-refractivity contribution in [2.45, 2.75) is 40.5 Å². The molecule has 2 heterocycles. The van der Waals surface area contributed by atoms with Crippen LogP contribution in [0.5, 0.6) is 5.88 Å². The number of hydrogen-bond donors (Lipinski definition) is 1. The van der Waals surface area contributed by atoms with Crippen molar-refractivity contribution >= 4 is 17.5 Å². The summed E-state index contributed by atoms with van der Waals surface area (Å²) in [6, 6.07) is 7.69. The third-order valence-electron chi connectivity index (χ3n) is 4.86. The Bertz CT molecular complexity index is 802. The molecule has 1 aliphatic rings. The predicted molar refractivity (Wildman–Crippen MR) is 107 cm³/mol. The van der Waals surface area contributed by atoms with Crippen LogP contribution < -0.4 is 15.0 Å². The number of hydrogen-bond acceptors (Lipinski definition) is 5. The van der Waals surface area contributed by atoms with Crippen molar-refractivity contribution in [3.63, 3.8) is 0 Å². The van der Waals surface area contributed by atoms with E-state index in [0.29, 0.717) is 17.7 Å². The standard InChI is InChI=1S/C21H28N4O2/c1-14-7-6-10-25(12-14)21-22-17(4)11-19(24-21)27-13-18(26)23-20-15(2)8-5-9-16(20)3/h5,8-9,11,14H,6-7,10,12-13H2,1-4H3,(H,23,26)/t14-/m1/s1. The molecule has 1 atom stereocenters. The minimum absolute atomic E-state index is 0.0833. The Morgan fingerprint density at radius 3 is 2.70 bits per heavy atom. The van der Waals surface area contributed by atoms with Crippen LogP contribution in [0.25, 0.3) is 0 Å². The first kappa shape index (κ1) is 19.1. The summed E-state index contributed by atoms with van der Waals surface area (Å²) in [4.78, 5) is 23.6. The number of aryl methyl sites for hydroxylation is 3. The average Bonchev–Trinajstić information content (AvgIpc) is 2.63. The first-order valence-corrected chi connectivity index (χ1v) is 9.52. The van der Waals surface area contributed by atoms with Crippen LogP contribution >= 0.6 is 0 Å². The highest BCUT2D eigenvalue weighted by atomic mass is 16.5. The number of aromatic nitrogens is 2. The number of rotatable bonds is 5. The maximum atomic E-state index is 12.3. The smallest absolute Gasteiger partial charge is 0.262 e. The summed E-state index contributed by atoms with van der Waals surface area (Å²) in [5.74, 6) is 1.56. The van der Waals surface area contributed by atoms with Crippen LogP contribution in [0.15, 0.2) is 24.3 Å². The lowest BCUT2D eigenvalue weighted by Gasteiger charge is -2.31. The van der Waals surface area contributed by atoms with Crippen molar-refractivity contribution in [3.8, 4) is 5.88 Å². The van der Waals surface area contributed by atoms with Crippen LogP contribution in [0.2, 0.25) is 0 Å². The molecule has 0 aliphatic carbocycles. The van der Waals surface area contributed by atoms with Crippen LogP contribution in [-0.2, 0) is 4.79 Å². The molecule has 1 saturated heterocycles. The fourth-order valence-electron chi connectivity index (χ4n) is 3.44. The first-order valence-electron chi connectivity index (χ1n) is 9.52. The van der Waals surface area contributed by atoms with Gasteiger partial charge in [0.1, 0.15) is 0 Å². The highest BCUT2D eigenvalue weighted by Gasteiger charge is 2.19. The van der Waals surface area contributed by atoms with Crippen molar-refractivity contribution < 1.29 is 9.53 Å². The molecule has 144 valence electrons. The first-order chi connectivity index (χ1) is 12.9. The summed E-state index contributed by atoms with van der Waals surface area (Å²) < 4.78 is 5.67. The van der Waals surface area contributed by atoms with E-state index >= 15 is 0 Å². The average molecular weight is 368 g/mol. The minimum Gasteiger partial charge on any atom is -0.467 e.